The number of aliphatic carboxylic acids is 1. The Morgan fingerprint density at radius 2 is 1.83 bits per heavy atom. The number of hydrogen-bond donors (Lipinski definition) is 1. The van der Waals surface area contributed by atoms with Gasteiger partial charge in [0, 0.05) is 30.4 Å². The summed E-state index contributed by atoms with van der Waals surface area (Å²) in [7, 11) is 2.01. The lowest BCUT2D eigenvalue weighted by molar-refractivity contribution is -0.138. The molecule has 4 nitrogen and oxygen atoms in total. The van der Waals surface area contributed by atoms with E-state index in [1.54, 1.807) is 20.0 Å². The van der Waals surface area contributed by atoms with E-state index in [0.717, 1.165) is 27.1 Å². The minimum absolute atomic E-state index is 0.665. The van der Waals surface area contributed by atoms with Crippen LogP contribution >= 0.6 is 11.8 Å². The van der Waals surface area contributed by atoms with Crippen molar-refractivity contribution in [3.63, 3.8) is 0 Å². The second-order valence-electron chi connectivity index (χ2n) is 8.57. The second-order valence-corrected chi connectivity index (χ2v) is 10.2. The highest BCUT2D eigenvalue weighted by molar-refractivity contribution is 8.01. The summed E-state index contributed by atoms with van der Waals surface area (Å²) in [6, 6.07) is 15.1. The van der Waals surface area contributed by atoms with Gasteiger partial charge in [-0.3, -0.25) is 9.78 Å². The van der Waals surface area contributed by atoms with Gasteiger partial charge >= 0.3 is 5.97 Å². The van der Waals surface area contributed by atoms with E-state index in [9.17, 15) is 9.90 Å². The van der Waals surface area contributed by atoms with Crippen LogP contribution in [0.25, 0.3) is 32.8 Å². The van der Waals surface area contributed by atoms with Crippen LogP contribution in [0.1, 0.15) is 38.2 Å². The lowest BCUT2D eigenvalue weighted by Crippen LogP contribution is -2.27. The van der Waals surface area contributed by atoms with E-state index in [-0.39, 0.29) is 0 Å². The van der Waals surface area contributed by atoms with Crippen LogP contribution in [0, 0.1) is 0 Å². The number of pyridine rings is 1. The number of carbonyl (C=O) groups is 1. The maximum absolute atomic E-state index is 11.9. The highest BCUT2D eigenvalue weighted by Gasteiger charge is 2.33. The molecule has 1 fully saturated rings. The van der Waals surface area contributed by atoms with Crippen molar-refractivity contribution in [3.8, 4) is 11.1 Å². The van der Waals surface area contributed by atoms with Gasteiger partial charge in [0.2, 0.25) is 0 Å². The summed E-state index contributed by atoms with van der Waals surface area (Å²) in [4.78, 5) is 16.3. The van der Waals surface area contributed by atoms with Gasteiger partial charge in [-0.2, -0.15) is 0 Å². The van der Waals surface area contributed by atoms with E-state index in [4.69, 9.17) is 0 Å². The van der Waals surface area contributed by atoms with Crippen molar-refractivity contribution in [2.75, 3.05) is 0 Å². The van der Waals surface area contributed by atoms with E-state index in [1.165, 1.54) is 40.9 Å². The maximum atomic E-state index is 11.9. The molecule has 152 valence electrons. The zero-order valence-electron chi connectivity index (χ0n) is 17.3. The first kappa shape index (κ1) is 19.2. The van der Waals surface area contributed by atoms with Crippen LogP contribution in [0.3, 0.4) is 0 Å². The van der Waals surface area contributed by atoms with Gasteiger partial charge in [0.1, 0.15) is 4.75 Å². The number of aromatic nitrogens is 2. The standard InChI is InChI=1S/C25H24N2O2S/c1-25(2,24(28)29)30-23-22(20-14-26-13-12-21(20)27(23)3)19-11-10-16(15-8-9-15)17-6-4-5-7-18(17)19/h4-7,10-15H,8-9H2,1-3H3,(H,28,29). The molecule has 2 aromatic carbocycles. The first-order chi connectivity index (χ1) is 14.4. The molecule has 4 aromatic rings. The van der Waals surface area contributed by atoms with Gasteiger partial charge < -0.3 is 9.67 Å². The van der Waals surface area contributed by atoms with Gasteiger partial charge in [0.25, 0.3) is 0 Å². The Morgan fingerprint density at radius 3 is 2.53 bits per heavy atom. The van der Waals surface area contributed by atoms with Crippen LogP contribution in [-0.2, 0) is 11.8 Å². The van der Waals surface area contributed by atoms with Crippen LogP contribution in [0.4, 0.5) is 0 Å². The summed E-state index contributed by atoms with van der Waals surface area (Å²) < 4.78 is 1.15. The topological polar surface area (TPSA) is 55.1 Å². The highest BCUT2D eigenvalue weighted by atomic mass is 32.2. The summed E-state index contributed by atoms with van der Waals surface area (Å²) in [6.45, 7) is 3.52. The molecule has 0 saturated heterocycles. The third-order valence-electron chi connectivity index (χ3n) is 6.06. The number of fused-ring (bicyclic) bond motifs is 2. The van der Waals surface area contributed by atoms with E-state index in [1.807, 2.05) is 19.3 Å². The fraction of sp³-hybridized carbons (Fsp3) is 0.280. The Bertz CT molecular complexity index is 1300. The normalized spacial score (nSPS) is 14.5. The number of nitrogens with zero attached hydrogens (tertiary/aromatic N) is 2. The average Bonchev–Trinajstić information content (AvgIpc) is 3.54. The van der Waals surface area contributed by atoms with E-state index in [2.05, 4.69) is 45.9 Å². The molecule has 0 amide bonds. The van der Waals surface area contributed by atoms with Crippen molar-refractivity contribution in [2.24, 2.45) is 7.05 Å². The van der Waals surface area contributed by atoms with Gasteiger partial charge in [-0.25, -0.2) is 0 Å². The third kappa shape index (κ3) is 3.00. The molecule has 2 aromatic heterocycles. The van der Waals surface area contributed by atoms with E-state index < -0.39 is 10.7 Å². The second kappa shape index (κ2) is 6.88. The van der Waals surface area contributed by atoms with Crippen molar-refractivity contribution in [1.29, 1.82) is 0 Å². The lowest BCUT2D eigenvalue weighted by atomic mass is 9.93. The molecule has 5 heteroatoms. The summed E-state index contributed by atoms with van der Waals surface area (Å²) in [5.74, 6) is -0.159. The van der Waals surface area contributed by atoms with Crippen molar-refractivity contribution in [1.82, 2.24) is 9.55 Å². The number of carboxylic acids is 1. The maximum Gasteiger partial charge on any atom is 0.319 e. The number of rotatable bonds is 5. The number of hydrogen-bond acceptors (Lipinski definition) is 3. The molecule has 30 heavy (non-hydrogen) atoms. The predicted octanol–water partition coefficient (Wildman–Crippen LogP) is 6.23. The third-order valence-corrected chi connectivity index (χ3v) is 7.41. The summed E-state index contributed by atoms with van der Waals surface area (Å²) in [6.07, 6.45) is 6.20. The van der Waals surface area contributed by atoms with Crippen LogP contribution < -0.4 is 0 Å². The van der Waals surface area contributed by atoms with Crippen LogP contribution in [0.15, 0.2) is 59.9 Å². The van der Waals surface area contributed by atoms with Gasteiger partial charge in [-0.15, -0.1) is 0 Å². The molecule has 1 aliphatic rings. The molecule has 0 unspecified atom stereocenters. The number of thioether (sulfide) groups is 1. The largest absolute Gasteiger partial charge is 0.480 e. The summed E-state index contributed by atoms with van der Waals surface area (Å²) in [5, 5.41) is 14.3. The molecular weight excluding hydrogens is 392 g/mol. The fourth-order valence-corrected chi connectivity index (χ4v) is 5.35. The van der Waals surface area contributed by atoms with Gasteiger partial charge in [0.15, 0.2) is 0 Å². The average molecular weight is 417 g/mol. The first-order valence-corrected chi connectivity index (χ1v) is 11.1. The van der Waals surface area contributed by atoms with Crippen LogP contribution in [0.5, 0.6) is 0 Å². The number of benzene rings is 2. The molecule has 2 heterocycles. The molecule has 1 N–H and O–H groups in total. The van der Waals surface area contributed by atoms with Gasteiger partial charge in [0.05, 0.1) is 10.5 Å². The van der Waals surface area contributed by atoms with Crippen LogP contribution in [-0.4, -0.2) is 25.4 Å². The van der Waals surface area contributed by atoms with E-state index in [0.29, 0.717) is 5.92 Å². The number of carboxylic acid groups (broad SMARTS) is 1. The van der Waals surface area contributed by atoms with Gasteiger partial charge in [-0.05, 0) is 60.6 Å². The molecule has 0 radical (unpaired) electrons. The molecule has 0 atom stereocenters. The molecule has 1 saturated carbocycles. The van der Waals surface area contributed by atoms with Crippen molar-refractivity contribution in [3.05, 3.63) is 60.4 Å². The SMILES string of the molecule is Cn1c(SC(C)(C)C(=O)O)c(-c2ccc(C3CC3)c3ccccc23)c2cnccc21. The Labute approximate surface area is 179 Å². The molecule has 0 bridgehead atoms. The zero-order chi connectivity index (χ0) is 21.0. The van der Waals surface area contributed by atoms with Gasteiger partial charge in [-0.1, -0.05) is 48.2 Å². The molecule has 1 aliphatic carbocycles. The monoisotopic (exact) mass is 416 g/mol. The summed E-state index contributed by atoms with van der Waals surface area (Å²) in [5.41, 5.74) is 4.68. The molecule has 0 aliphatic heterocycles. The van der Waals surface area contributed by atoms with Crippen molar-refractivity contribution >= 4 is 39.4 Å². The summed E-state index contributed by atoms with van der Waals surface area (Å²) >= 11 is 1.39. The Balaban J connectivity index is 1.82. The Kier molecular flexibility index (Phi) is 4.40. The highest BCUT2D eigenvalue weighted by Crippen LogP contribution is 2.49. The zero-order valence-corrected chi connectivity index (χ0v) is 18.2. The van der Waals surface area contributed by atoms with Crippen molar-refractivity contribution in [2.45, 2.75) is 42.4 Å². The minimum Gasteiger partial charge on any atom is -0.480 e. The Hall–Kier alpha value is -2.79. The van der Waals surface area contributed by atoms with Crippen molar-refractivity contribution < 1.29 is 9.90 Å². The lowest BCUT2D eigenvalue weighted by Gasteiger charge is -2.21. The smallest absolute Gasteiger partial charge is 0.319 e. The first-order valence-electron chi connectivity index (χ1n) is 10.3. The quantitative estimate of drug-likeness (QED) is 0.392. The predicted molar refractivity (Wildman–Crippen MR) is 123 cm³/mol. The molecular formula is C25H24N2O2S. The number of aryl methyl sites for hydroxylation is 1. The molecule has 0 spiro atoms. The fourth-order valence-electron chi connectivity index (χ4n) is 4.22. The molecule has 5 rings (SSSR count). The minimum atomic E-state index is -0.950. The van der Waals surface area contributed by atoms with E-state index >= 15 is 0 Å². The Morgan fingerprint density at radius 1 is 1.10 bits per heavy atom. The van der Waals surface area contributed by atoms with Crippen LogP contribution in [0.2, 0.25) is 0 Å².